The summed E-state index contributed by atoms with van der Waals surface area (Å²) in [5.41, 5.74) is 0.439. The SMILES string of the molecule is CNC(=O)c1cccc(COC(=O)[C@H]2C[C@@H](c3ccc(OC(F)F)c(OCC4CC4)c3)CN2C(=O)OC(C)(C)C)n1. The minimum atomic E-state index is -3.01. The van der Waals surface area contributed by atoms with Crippen molar-refractivity contribution in [1.29, 1.82) is 0 Å². The zero-order valence-electron chi connectivity index (χ0n) is 23.5. The first kappa shape index (κ1) is 30.0. The predicted octanol–water partition coefficient (Wildman–Crippen LogP) is 4.67. The molecule has 1 aliphatic carbocycles. The Balaban J connectivity index is 1.53. The Labute approximate surface area is 237 Å². The Bertz CT molecular complexity index is 1260. The number of rotatable bonds is 10. The molecule has 41 heavy (non-hydrogen) atoms. The number of hydrogen-bond acceptors (Lipinski definition) is 8. The Kier molecular flexibility index (Phi) is 9.29. The molecule has 0 radical (unpaired) electrons. The molecule has 10 nitrogen and oxygen atoms in total. The van der Waals surface area contributed by atoms with Gasteiger partial charge in [-0.3, -0.25) is 9.69 Å². The highest BCUT2D eigenvalue weighted by atomic mass is 19.3. The van der Waals surface area contributed by atoms with Gasteiger partial charge in [-0.2, -0.15) is 8.78 Å². The van der Waals surface area contributed by atoms with Gasteiger partial charge in [0.25, 0.3) is 5.91 Å². The lowest BCUT2D eigenvalue weighted by Gasteiger charge is -2.27. The fourth-order valence-corrected chi connectivity index (χ4v) is 4.46. The van der Waals surface area contributed by atoms with Gasteiger partial charge in [-0.25, -0.2) is 14.6 Å². The van der Waals surface area contributed by atoms with E-state index in [2.05, 4.69) is 15.0 Å². The molecule has 1 aromatic carbocycles. The second-order valence-electron chi connectivity index (χ2n) is 11.1. The lowest BCUT2D eigenvalue weighted by atomic mass is 9.96. The van der Waals surface area contributed by atoms with Gasteiger partial charge in [0.2, 0.25) is 0 Å². The molecule has 1 aromatic heterocycles. The largest absolute Gasteiger partial charge is 0.489 e. The van der Waals surface area contributed by atoms with Crippen molar-refractivity contribution < 1.29 is 42.1 Å². The number of nitrogens with zero attached hydrogens (tertiary/aromatic N) is 2. The van der Waals surface area contributed by atoms with Crippen molar-refractivity contribution in [3.05, 3.63) is 53.3 Å². The van der Waals surface area contributed by atoms with E-state index in [1.807, 2.05) is 0 Å². The van der Waals surface area contributed by atoms with Gasteiger partial charge < -0.3 is 24.3 Å². The zero-order valence-corrected chi connectivity index (χ0v) is 23.5. The average Bonchev–Trinajstić information content (AvgIpc) is 3.64. The quantitative estimate of drug-likeness (QED) is 0.407. The third-order valence-corrected chi connectivity index (χ3v) is 6.66. The first-order chi connectivity index (χ1) is 19.4. The van der Waals surface area contributed by atoms with Crippen molar-refractivity contribution in [1.82, 2.24) is 15.2 Å². The second-order valence-corrected chi connectivity index (χ2v) is 11.1. The predicted molar refractivity (Wildman–Crippen MR) is 143 cm³/mol. The molecule has 0 spiro atoms. The molecule has 2 aromatic rings. The summed E-state index contributed by atoms with van der Waals surface area (Å²) in [7, 11) is 1.49. The Hall–Kier alpha value is -3.96. The summed E-state index contributed by atoms with van der Waals surface area (Å²) in [4.78, 5) is 43.8. The molecule has 4 rings (SSSR count). The van der Waals surface area contributed by atoms with E-state index in [0.29, 0.717) is 23.8 Å². The fourth-order valence-electron chi connectivity index (χ4n) is 4.46. The minimum absolute atomic E-state index is 0.0751. The number of alkyl halides is 2. The second kappa shape index (κ2) is 12.7. The Morgan fingerprint density at radius 1 is 1.12 bits per heavy atom. The number of amides is 2. The number of carbonyl (C=O) groups is 3. The molecular weight excluding hydrogens is 540 g/mol. The van der Waals surface area contributed by atoms with Crippen LogP contribution in [-0.4, -0.2) is 66.3 Å². The number of carbonyl (C=O) groups excluding carboxylic acids is 3. The number of benzene rings is 1. The first-order valence-electron chi connectivity index (χ1n) is 13.5. The molecule has 2 atom stereocenters. The van der Waals surface area contributed by atoms with Crippen molar-refractivity contribution in [2.24, 2.45) is 5.92 Å². The molecule has 2 aliphatic rings. The van der Waals surface area contributed by atoms with Crippen LogP contribution in [0.3, 0.4) is 0 Å². The van der Waals surface area contributed by atoms with Crippen molar-refractivity contribution in [2.75, 3.05) is 20.2 Å². The maximum Gasteiger partial charge on any atom is 0.411 e. The highest BCUT2D eigenvalue weighted by molar-refractivity contribution is 5.92. The highest BCUT2D eigenvalue weighted by Gasteiger charge is 2.43. The van der Waals surface area contributed by atoms with E-state index in [1.54, 1.807) is 45.0 Å². The van der Waals surface area contributed by atoms with Crippen LogP contribution < -0.4 is 14.8 Å². The number of nitrogens with one attached hydrogen (secondary N) is 1. The van der Waals surface area contributed by atoms with Crippen LogP contribution in [0.5, 0.6) is 11.5 Å². The monoisotopic (exact) mass is 575 g/mol. The summed E-state index contributed by atoms with van der Waals surface area (Å²) in [5.74, 6) is -0.872. The smallest absolute Gasteiger partial charge is 0.411 e. The van der Waals surface area contributed by atoms with Gasteiger partial charge in [-0.05, 0) is 75.8 Å². The van der Waals surface area contributed by atoms with Gasteiger partial charge in [0.05, 0.1) is 12.3 Å². The number of pyridine rings is 1. The summed E-state index contributed by atoms with van der Waals surface area (Å²) in [5, 5.41) is 2.49. The molecule has 2 heterocycles. The summed E-state index contributed by atoms with van der Waals surface area (Å²) in [6.45, 7) is 2.49. The molecular formula is C29H35F2N3O7. The van der Waals surface area contributed by atoms with Crippen LogP contribution >= 0.6 is 0 Å². The maximum atomic E-state index is 13.3. The van der Waals surface area contributed by atoms with E-state index in [-0.39, 0.29) is 48.6 Å². The molecule has 1 saturated heterocycles. The standard InChI is InChI=1S/C29H35F2N3O7/c1-29(2,3)41-28(37)34-14-19(18-10-11-23(40-27(30)31)24(13-18)38-15-17-8-9-17)12-22(34)26(36)39-16-20-6-5-7-21(33-20)25(35)32-4/h5-7,10-11,13,17,19,22,27H,8-9,12,14-16H2,1-4H3,(H,32,35)/t19-,22-/m1/s1. The van der Waals surface area contributed by atoms with E-state index >= 15 is 0 Å². The van der Waals surface area contributed by atoms with E-state index in [9.17, 15) is 23.2 Å². The van der Waals surface area contributed by atoms with E-state index in [1.165, 1.54) is 24.1 Å². The third kappa shape index (κ3) is 8.27. The van der Waals surface area contributed by atoms with Gasteiger partial charge in [-0.1, -0.05) is 12.1 Å². The number of ether oxygens (including phenoxy) is 4. The number of aromatic nitrogens is 1. The maximum absolute atomic E-state index is 13.3. The zero-order chi connectivity index (χ0) is 29.7. The Morgan fingerprint density at radius 3 is 2.54 bits per heavy atom. The molecule has 222 valence electrons. The molecule has 1 aliphatic heterocycles. The number of esters is 1. The summed E-state index contributed by atoms with van der Waals surface area (Å²) < 4.78 is 47.5. The molecule has 1 saturated carbocycles. The third-order valence-electron chi connectivity index (χ3n) is 6.66. The number of hydrogen-bond donors (Lipinski definition) is 1. The highest BCUT2D eigenvalue weighted by Crippen LogP contribution is 2.39. The van der Waals surface area contributed by atoms with Gasteiger partial charge in [0.15, 0.2) is 11.5 Å². The van der Waals surface area contributed by atoms with Crippen LogP contribution in [0, 0.1) is 5.92 Å². The van der Waals surface area contributed by atoms with Crippen LogP contribution in [0.15, 0.2) is 36.4 Å². The first-order valence-corrected chi connectivity index (χ1v) is 13.5. The Morgan fingerprint density at radius 2 is 1.88 bits per heavy atom. The van der Waals surface area contributed by atoms with Crippen molar-refractivity contribution in [3.8, 4) is 11.5 Å². The van der Waals surface area contributed by atoms with E-state index in [4.69, 9.17) is 14.2 Å². The van der Waals surface area contributed by atoms with E-state index < -0.39 is 30.3 Å². The molecule has 1 N–H and O–H groups in total. The average molecular weight is 576 g/mol. The van der Waals surface area contributed by atoms with Crippen LogP contribution in [0.4, 0.5) is 13.6 Å². The summed E-state index contributed by atoms with van der Waals surface area (Å²) in [6.07, 6.45) is 1.58. The van der Waals surface area contributed by atoms with Crippen LogP contribution in [-0.2, 0) is 20.9 Å². The number of likely N-dealkylation sites (tertiary alicyclic amines) is 1. The van der Waals surface area contributed by atoms with Gasteiger partial charge in [0.1, 0.15) is 23.9 Å². The normalized spacial score (nSPS) is 18.7. The van der Waals surface area contributed by atoms with Gasteiger partial charge in [0, 0.05) is 19.5 Å². The van der Waals surface area contributed by atoms with Crippen LogP contribution in [0.25, 0.3) is 0 Å². The lowest BCUT2D eigenvalue weighted by Crippen LogP contribution is -2.44. The van der Waals surface area contributed by atoms with Crippen molar-refractivity contribution in [3.63, 3.8) is 0 Å². The van der Waals surface area contributed by atoms with Crippen LogP contribution in [0.2, 0.25) is 0 Å². The molecule has 2 fully saturated rings. The molecule has 0 unspecified atom stereocenters. The van der Waals surface area contributed by atoms with Crippen molar-refractivity contribution in [2.45, 2.75) is 70.8 Å². The van der Waals surface area contributed by atoms with E-state index in [0.717, 1.165) is 12.8 Å². The van der Waals surface area contributed by atoms with Crippen molar-refractivity contribution >= 4 is 18.0 Å². The molecule has 2 amide bonds. The summed E-state index contributed by atoms with van der Waals surface area (Å²) >= 11 is 0. The van der Waals surface area contributed by atoms with Gasteiger partial charge in [-0.15, -0.1) is 0 Å². The lowest BCUT2D eigenvalue weighted by molar-refractivity contribution is -0.150. The molecule has 0 bridgehead atoms. The number of halogens is 2. The van der Waals surface area contributed by atoms with Crippen LogP contribution in [0.1, 0.15) is 67.7 Å². The van der Waals surface area contributed by atoms with Gasteiger partial charge >= 0.3 is 18.7 Å². The molecule has 12 heteroatoms. The minimum Gasteiger partial charge on any atom is -0.489 e. The fraction of sp³-hybridized carbons (Fsp3) is 0.517. The summed E-state index contributed by atoms with van der Waals surface area (Å²) in [6, 6.07) is 8.49. The topological polar surface area (TPSA) is 116 Å².